The maximum atomic E-state index is 13.7. The van der Waals surface area contributed by atoms with Gasteiger partial charge in [-0.3, -0.25) is 14.3 Å². The van der Waals surface area contributed by atoms with Gasteiger partial charge < -0.3 is 5.32 Å². The molecule has 2 heterocycles. The molecular weight excluding hydrogens is 433 g/mol. The normalized spacial score (nSPS) is 11.0. The first-order valence-corrected chi connectivity index (χ1v) is 10.7. The van der Waals surface area contributed by atoms with Crippen molar-refractivity contribution in [1.29, 1.82) is 0 Å². The summed E-state index contributed by atoms with van der Waals surface area (Å²) in [4.78, 5) is 25.5. The van der Waals surface area contributed by atoms with Crippen molar-refractivity contribution in [3.05, 3.63) is 76.0 Å². The molecular formula is C21H20FN7O2S. The number of hydrogen-bond acceptors (Lipinski definition) is 6. The van der Waals surface area contributed by atoms with E-state index in [-0.39, 0.29) is 17.2 Å². The van der Waals surface area contributed by atoms with Crippen LogP contribution in [-0.4, -0.2) is 41.2 Å². The van der Waals surface area contributed by atoms with Crippen LogP contribution in [0.3, 0.4) is 0 Å². The first-order chi connectivity index (χ1) is 15.4. The van der Waals surface area contributed by atoms with Gasteiger partial charge in [0.25, 0.3) is 5.56 Å². The SMILES string of the molecule is Cc1ccc(NC(=O)CSc2nnnn2-c2c(C)n(C)n(-c3ccccc3)c2=O)cc1F. The smallest absolute Gasteiger partial charge is 0.297 e. The van der Waals surface area contributed by atoms with Crippen LogP contribution < -0.4 is 10.9 Å². The van der Waals surface area contributed by atoms with Gasteiger partial charge in [0.15, 0.2) is 5.69 Å². The molecule has 164 valence electrons. The van der Waals surface area contributed by atoms with E-state index in [1.54, 1.807) is 37.7 Å². The van der Waals surface area contributed by atoms with E-state index in [2.05, 4.69) is 20.8 Å². The predicted octanol–water partition coefficient (Wildman–Crippen LogP) is 2.64. The standard InChI is InChI=1S/C21H20FN7O2S/c1-13-9-10-15(11-17(13)22)23-18(30)12-32-21-24-25-26-28(21)19-14(2)27(3)29(20(19)31)16-7-5-4-6-8-16/h4-11H,12H2,1-3H3,(H,23,30). The van der Waals surface area contributed by atoms with Crippen LogP contribution in [0.2, 0.25) is 0 Å². The third-order valence-corrected chi connectivity index (χ3v) is 5.88. The largest absolute Gasteiger partial charge is 0.325 e. The van der Waals surface area contributed by atoms with Gasteiger partial charge in [-0.15, -0.1) is 5.10 Å². The Balaban J connectivity index is 1.56. The molecule has 0 spiro atoms. The molecule has 1 amide bonds. The van der Waals surface area contributed by atoms with Gasteiger partial charge in [-0.25, -0.2) is 9.07 Å². The van der Waals surface area contributed by atoms with E-state index in [4.69, 9.17) is 0 Å². The Morgan fingerprint density at radius 2 is 1.91 bits per heavy atom. The van der Waals surface area contributed by atoms with Crippen LogP contribution in [0.15, 0.2) is 58.5 Å². The van der Waals surface area contributed by atoms with Crippen molar-refractivity contribution in [3.63, 3.8) is 0 Å². The van der Waals surface area contributed by atoms with Crippen LogP contribution in [0, 0.1) is 19.7 Å². The second-order valence-corrected chi connectivity index (χ2v) is 8.03. The molecule has 32 heavy (non-hydrogen) atoms. The number of aryl methyl sites for hydroxylation is 1. The number of benzene rings is 2. The van der Waals surface area contributed by atoms with Crippen molar-refractivity contribution in [2.24, 2.45) is 7.05 Å². The third-order valence-electron chi connectivity index (χ3n) is 4.96. The maximum absolute atomic E-state index is 13.7. The fourth-order valence-electron chi connectivity index (χ4n) is 3.21. The first-order valence-electron chi connectivity index (χ1n) is 9.68. The molecule has 0 fully saturated rings. The van der Waals surface area contributed by atoms with Crippen molar-refractivity contribution >= 4 is 23.4 Å². The summed E-state index contributed by atoms with van der Waals surface area (Å²) in [6.07, 6.45) is 0. The Morgan fingerprint density at radius 1 is 1.16 bits per heavy atom. The van der Waals surface area contributed by atoms with Crippen LogP contribution in [-0.2, 0) is 11.8 Å². The number of aromatic nitrogens is 6. The summed E-state index contributed by atoms with van der Waals surface area (Å²) in [6.45, 7) is 3.44. The Kier molecular flexibility index (Phi) is 5.91. The highest BCUT2D eigenvalue weighted by Crippen LogP contribution is 2.21. The number of carbonyl (C=O) groups is 1. The summed E-state index contributed by atoms with van der Waals surface area (Å²) in [5, 5.41) is 14.5. The van der Waals surface area contributed by atoms with Gasteiger partial charge in [0.1, 0.15) is 5.82 Å². The fourth-order valence-corrected chi connectivity index (χ4v) is 3.88. The van der Waals surface area contributed by atoms with Crippen LogP contribution >= 0.6 is 11.8 Å². The van der Waals surface area contributed by atoms with E-state index < -0.39 is 5.82 Å². The van der Waals surface area contributed by atoms with E-state index in [9.17, 15) is 14.0 Å². The number of nitrogens with zero attached hydrogens (tertiary/aromatic N) is 6. The molecule has 11 heteroatoms. The lowest BCUT2D eigenvalue weighted by Gasteiger charge is -2.07. The van der Waals surface area contributed by atoms with Crippen LogP contribution in [0.5, 0.6) is 0 Å². The monoisotopic (exact) mass is 453 g/mol. The van der Waals surface area contributed by atoms with Crippen molar-refractivity contribution in [3.8, 4) is 11.4 Å². The minimum atomic E-state index is -0.395. The van der Waals surface area contributed by atoms with Crippen LogP contribution in [0.25, 0.3) is 11.4 Å². The Morgan fingerprint density at radius 3 is 2.62 bits per heavy atom. The lowest BCUT2D eigenvalue weighted by Crippen LogP contribution is -2.22. The minimum Gasteiger partial charge on any atom is -0.325 e. The van der Waals surface area contributed by atoms with Gasteiger partial charge in [0.2, 0.25) is 11.1 Å². The number of anilines is 1. The van der Waals surface area contributed by atoms with Crippen molar-refractivity contribution in [2.75, 3.05) is 11.1 Å². The minimum absolute atomic E-state index is 0.0192. The zero-order valence-electron chi connectivity index (χ0n) is 17.6. The third kappa shape index (κ3) is 4.06. The topological polar surface area (TPSA) is 99.6 Å². The van der Waals surface area contributed by atoms with Gasteiger partial charge in [-0.1, -0.05) is 36.0 Å². The number of halogens is 1. The summed E-state index contributed by atoms with van der Waals surface area (Å²) in [5.41, 5.74) is 2.24. The van der Waals surface area contributed by atoms with Crippen molar-refractivity contribution in [2.45, 2.75) is 19.0 Å². The highest BCUT2D eigenvalue weighted by Gasteiger charge is 2.22. The Bertz CT molecular complexity index is 1340. The highest BCUT2D eigenvalue weighted by atomic mass is 32.2. The Labute approximate surface area is 186 Å². The second kappa shape index (κ2) is 8.79. The quantitative estimate of drug-likeness (QED) is 0.451. The average molecular weight is 454 g/mol. The number of rotatable bonds is 6. The van der Waals surface area contributed by atoms with E-state index in [0.29, 0.717) is 33.5 Å². The van der Waals surface area contributed by atoms with E-state index in [0.717, 1.165) is 11.8 Å². The molecule has 1 N–H and O–H groups in total. The van der Waals surface area contributed by atoms with Crippen molar-refractivity contribution in [1.82, 2.24) is 29.6 Å². The molecule has 4 rings (SSSR count). The molecule has 2 aromatic carbocycles. The molecule has 0 aliphatic carbocycles. The lowest BCUT2D eigenvalue weighted by atomic mass is 10.2. The van der Waals surface area contributed by atoms with Gasteiger partial charge >= 0.3 is 0 Å². The van der Waals surface area contributed by atoms with E-state index in [1.165, 1.54) is 15.4 Å². The Hall–Kier alpha value is -3.73. The van der Waals surface area contributed by atoms with Crippen LogP contribution in [0.4, 0.5) is 10.1 Å². The number of nitrogens with one attached hydrogen (secondary N) is 1. The van der Waals surface area contributed by atoms with Gasteiger partial charge in [0, 0.05) is 12.7 Å². The molecule has 0 radical (unpaired) electrons. The predicted molar refractivity (Wildman–Crippen MR) is 119 cm³/mol. The van der Waals surface area contributed by atoms with Gasteiger partial charge in [-0.2, -0.15) is 4.68 Å². The average Bonchev–Trinajstić information content (AvgIpc) is 3.31. The number of amides is 1. The molecule has 4 aromatic rings. The summed E-state index contributed by atoms with van der Waals surface area (Å²) < 4.78 is 18.3. The molecule has 0 aliphatic rings. The maximum Gasteiger partial charge on any atom is 0.297 e. The number of carbonyl (C=O) groups excluding carboxylic acids is 1. The fraction of sp³-hybridized carbons (Fsp3) is 0.190. The molecule has 0 aliphatic heterocycles. The van der Waals surface area contributed by atoms with E-state index in [1.807, 2.05) is 30.3 Å². The van der Waals surface area contributed by atoms with E-state index >= 15 is 0 Å². The summed E-state index contributed by atoms with van der Waals surface area (Å²) in [5.74, 6) is -0.762. The zero-order chi connectivity index (χ0) is 22.8. The summed E-state index contributed by atoms with van der Waals surface area (Å²) >= 11 is 1.08. The summed E-state index contributed by atoms with van der Waals surface area (Å²) in [6, 6.07) is 13.7. The van der Waals surface area contributed by atoms with Gasteiger partial charge in [0.05, 0.1) is 17.1 Å². The number of para-hydroxylation sites is 1. The number of tetrazole rings is 1. The highest BCUT2D eigenvalue weighted by molar-refractivity contribution is 7.99. The second-order valence-electron chi connectivity index (χ2n) is 7.08. The molecule has 2 aromatic heterocycles. The van der Waals surface area contributed by atoms with Gasteiger partial charge in [-0.05, 0) is 54.1 Å². The molecule has 0 atom stereocenters. The number of hydrogen-bond donors (Lipinski definition) is 1. The first kappa shape index (κ1) is 21.5. The molecule has 0 bridgehead atoms. The molecule has 0 saturated carbocycles. The number of thioether (sulfide) groups is 1. The van der Waals surface area contributed by atoms with Crippen molar-refractivity contribution < 1.29 is 9.18 Å². The molecule has 0 saturated heterocycles. The lowest BCUT2D eigenvalue weighted by molar-refractivity contribution is -0.113. The summed E-state index contributed by atoms with van der Waals surface area (Å²) in [7, 11) is 1.78. The molecule has 9 nitrogen and oxygen atoms in total. The van der Waals surface area contributed by atoms with Crippen LogP contribution in [0.1, 0.15) is 11.3 Å². The zero-order valence-corrected chi connectivity index (χ0v) is 18.4. The molecule has 0 unspecified atom stereocenters.